The Hall–Kier alpha value is -0.580. The van der Waals surface area contributed by atoms with Gasteiger partial charge in [0, 0.05) is 3.57 Å². The molecule has 1 N–H and O–H groups in total. The molecule has 0 fully saturated rings. The summed E-state index contributed by atoms with van der Waals surface area (Å²) in [6, 6.07) is 5.37. The van der Waals surface area contributed by atoms with Crippen LogP contribution < -0.4 is 0 Å². The monoisotopic (exact) mass is 346 g/mol. The molecule has 0 saturated carbocycles. The first kappa shape index (κ1) is 14.5. The second kappa shape index (κ2) is 6.99. The second-order valence-corrected chi connectivity index (χ2v) is 5.68. The van der Waals surface area contributed by atoms with Gasteiger partial charge in [0.1, 0.15) is 0 Å². The highest BCUT2D eigenvalue weighted by Gasteiger charge is 2.07. The highest BCUT2D eigenvalue weighted by atomic mass is 127. The highest BCUT2D eigenvalue weighted by Crippen LogP contribution is 2.19. The van der Waals surface area contributed by atoms with Gasteiger partial charge in [-0.2, -0.15) is 0 Å². The molecular formula is C14H19IO2. The minimum absolute atomic E-state index is 0.393. The van der Waals surface area contributed by atoms with E-state index in [1.54, 1.807) is 12.1 Å². The highest BCUT2D eigenvalue weighted by molar-refractivity contribution is 14.1. The minimum Gasteiger partial charge on any atom is -0.478 e. The van der Waals surface area contributed by atoms with Crippen LogP contribution in [-0.2, 0) is 6.42 Å². The zero-order chi connectivity index (χ0) is 12.8. The van der Waals surface area contributed by atoms with Crippen LogP contribution in [0.2, 0.25) is 0 Å². The first-order valence-electron chi connectivity index (χ1n) is 6.06. The summed E-state index contributed by atoms with van der Waals surface area (Å²) in [6.07, 6.45) is 4.54. The van der Waals surface area contributed by atoms with Crippen LogP contribution in [0, 0.1) is 9.49 Å². The lowest BCUT2D eigenvalue weighted by Crippen LogP contribution is -2.00. The Labute approximate surface area is 117 Å². The van der Waals surface area contributed by atoms with E-state index in [-0.39, 0.29) is 0 Å². The van der Waals surface area contributed by atoms with Crippen LogP contribution in [0.5, 0.6) is 0 Å². The molecule has 0 heterocycles. The molecule has 0 aliphatic heterocycles. The predicted molar refractivity (Wildman–Crippen MR) is 78.5 cm³/mol. The molecule has 0 aliphatic carbocycles. The Bertz CT molecular complexity index is 388. The molecule has 0 amide bonds. The van der Waals surface area contributed by atoms with Crippen LogP contribution in [0.1, 0.15) is 49.0 Å². The average molecular weight is 346 g/mol. The molecule has 0 aromatic heterocycles. The second-order valence-electron chi connectivity index (χ2n) is 4.52. The Morgan fingerprint density at radius 2 is 2.18 bits per heavy atom. The summed E-state index contributed by atoms with van der Waals surface area (Å²) >= 11 is 2.27. The Kier molecular flexibility index (Phi) is 5.95. The van der Waals surface area contributed by atoms with Crippen molar-refractivity contribution in [3.05, 3.63) is 32.9 Å². The molecular weight excluding hydrogens is 327 g/mol. The summed E-state index contributed by atoms with van der Waals surface area (Å²) in [7, 11) is 0. The van der Waals surface area contributed by atoms with Crippen molar-refractivity contribution in [2.24, 2.45) is 5.92 Å². The summed E-state index contributed by atoms with van der Waals surface area (Å²) in [6.45, 7) is 4.47. The van der Waals surface area contributed by atoms with E-state index in [0.717, 1.165) is 27.9 Å². The molecule has 1 atom stereocenters. The van der Waals surface area contributed by atoms with Crippen molar-refractivity contribution in [3.8, 4) is 0 Å². The number of hydrogen-bond acceptors (Lipinski definition) is 1. The van der Waals surface area contributed by atoms with Crippen LogP contribution in [-0.4, -0.2) is 11.1 Å². The molecule has 0 radical (unpaired) electrons. The number of carbonyl (C=O) groups is 1. The molecule has 0 saturated heterocycles. The van der Waals surface area contributed by atoms with Gasteiger partial charge in [-0.3, -0.25) is 0 Å². The third kappa shape index (κ3) is 4.66. The smallest absolute Gasteiger partial charge is 0.335 e. The summed E-state index contributed by atoms with van der Waals surface area (Å²) in [5, 5.41) is 8.95. The number of halogens is 1. The van der Waals surface area contributed by atoms with Crippen molar-refractivity contribution in [3.63, 3.8) is 0 Å². The van der Waals surface area contributed by atoms with Gasteiger partial charge in [-0.1, -0.05) is 26.7 Å². The van der Waals surface area contributed by atoms with E-state index in [4.69, 9.17) is 5.11 Å². The lowest BCUT2D eigenvalue weighted by atomic mass is 9.98. The number of aryl methyl sites for hydroxylation is 1. The minimum atomic E-state index is -0.843. The molecule has 2 nitrogen and oxygen atoms in total. The molecule has 3 heteroatoms. The van der Waals surface area contributed by atoms with Gasteiger partial charge in [-0.25, -0.2) is 4.79 Å². The zero-order valence-electron chi connectivity index (χ0n) is 10.4. The van der Waals surface area contributed by atoms with E-state index in [9.17, 15) is 4.79 Å². The molecule has 1 aromatic rings. The topological polar surface area (TPSA) is 37.3 Å². The summed E-state index contributed by atoms with van der Waals surface area (Å²) in [5.41, 5.74) is 1.55. The van der Waals surface area contributed by atoms with E-state index in [1.807, 2.05) is 6.07 Å². The number of carboxylic acid groups (broad SMARTS) is 1. The standard InChI is InChI=1S/C14H19IO2/c1-3-10(2)5-4-6-11-9-12(14(16)17)7-8-13(11)15/h7-10H,3-6H2,1-2H3,(H,16,17). The lowest BCUT2D eigenvalue weighted by Gasteiger charge is -2.09. The predicted octanol–water partition coefficient (Wildman–Crippen LogP) is 4.36. The van der Waals surface area contributed by atoms with E-state index >= 15 is 0 Å². The van der Waals surface area contributed by atoms with Crippen molar-refractivity contribution >= 4 is 28.6 Å². The maximum atomic E-state index is 10.9. The quantitative estimate of drug-likeness (QED) is 0.777. The first-order chi connectivity index (χ1) is 8.04. The molecule has 1 aromatic carbocycles. The van der Waals surface area contributed by atoms with Gasteiger partial charge in [0.15, 0.2) is 0 Å². The van der Waals surface area contributed by atoms with Gasteiger partial charge >= 0.3 is 5.97 Å². The van der Waals surface area contributed by atoms with Crippen LogP contribution in [0.15, 0.2) is 18.2 Å². The Morgan fingerprint density at radius 3 is 2.76 bits per heavy atom. The Balaban J connectivity index is 2.63. The first-order valence-corrected chi connectivity index (χ1v) is 7.14. The summed E-state index contributed by atoms with van der Waals surface area (Å²) in [4.78, 5) is 10.9. The van der Waals surface area contributed by atoms with Gasteiger partial charge in [0.2, 0.25) is 0 Å². The van der Waals surface area contributed by atoms with Gasteiger partial charge in [0.25, 0.3) is 0 Å². The lowest BCUT2D eigenvalue weighted by molar-refractivity contribution is 0.0696. The maximum absolute atomic E-state index is 10.9. The van der Waals surface area contributed by atoms with Gasteiger partial charge in [-0.05, 0) is 65.1 Å². The van der Waals surface area contributed by atoms with Crippen molar-refractivity contribution in [2.45, 2.75) is 39.5 Å². The molecule has 0 bridgehead atoms. The fourth-order valence-corrected chi connectivity index (χ4v) is 2.35. The molecule has 0 spiro atoms. The van der Waals surface area contributed by atoms with E-state index in [1.165, 1.54) is 12.8 Å². The molecule has 1 rings (SSSR count). The summed E-state index contributed by atoms with van der Waals surface area (Å²) in [5.74, 6) is -0.0834. The van der Waals surface area contributed by atoms with Crippen LogP contribution in [0.4, 0.5) is 0 Å². The van der Waals surface area contributed by atoms with Crippen molar-refractivity contribution in [2.75, 3.05) is 0 Å². The van der Waals surface area contributed by atoms with Gasteiger partial charge in [-0.15, -0.1) is 0 Å². The van der Waals surface area contributed by atoms with Gasteiger partial charge < -0.3 is 5.11 Å². The molecule has 1 unspecified atom stereocenters. The fraction of sp³-hybridized carbons (Fsp3) is 0.500. The van der Waals surface area contributed by atoms with Crippen LogP contribution >= 0.6 is 22.6 Å². The molecule has 94 valence electrons. The van der Waals surface area contributed by atoms with Crippen LogP contribution in [0.25, 0.3) is 0 Å². The molecule has 0 aliphatic rings. The third-order valence-electron chi connectivity index (χ3n) is 3.13. The normalized spacial score (nSPS) is 12.4. The van der Waals surface area contributed by atoms with E-state index < -0.39 is 5.97 Å². The van der Waals surface area contributed by atoms with Crippen molar-refractivity contribution in [1.29, 1.82) is 0 Å². The number of hydrogen-bond donors (Lipinski definition) is 1. The van der Waals surface area contributed by atoms with Crippen molar-refractivity contribution in [1.82, 2.24) is 0 Å². The molecule has 17 heavy (non-hydrogen) atoms. The fourth-order valence-electron chi connectivity index (χ4n) is 1.74. The number of rotatable bonds is 6. The third-order valence-corrected chi connectivity index (χ3v) is 4.19. The maximum Gasteiger partial charge on any atom is 0.335 e. The number of carboxylic acids is 1. The summed E-state index contributed by atoms with van der Waals surface area (Å²) < 4.78 is 1.16. The van der Waals surface area contributed by atoms with Gasteiger partial charge in [0.05, 0.1) is 5.56 Å². The van der Waals surface area contributed by atoms with Crippen molar-refractivity contribution < 1.29 is 9.90 Å². The largest absolute Gasteiger partial charge is 0.478 e. The SMILES string of the molecule is CCC(C)CCCc1cc(C(=O)O)ccc1I. The zero-order valence-corrected chi connectivity index (χ0v) is 12.5. The number of aromatic carboxylic acids is 1. The van der Waals surface area contributed by atoms with Crippen LogP contribution in [0.3, 0.4) is 0 Å². The van der Waals surface area contributed by atoms with E-state index in [2.05, 4.69) is 36.4 Å². The average Bonchev–Trinajstić information content (AvgIpc) is 2.30. The Morgan fingerprint density at radius 1 is 1.47 bits per heavy atom. The number of benzene rings is 1. The van der Waals surface area contributed by atoms with E-state index in [0.29, 0.717) is 5.56 Å².